The first-order chi connectivity index (χ1) is 12.0. The molecule has 1 spiro atoms. The zero-order chi connectivity index (χ0) is 17.6. The van der Waals surface area contributed by atoms with E-state index in [0.717, 1.165) is 37.0 Å². The number of nitrogens with zero attached hydrogens (tertiary/aromatic N) is 2. The Kier molecular flexibility index (Phi) is 3.71. The number of carbonyl (C=O) groups is 4. The number of hydrogen-bond donors (Lipinski definition) is 0. The van der Waals surface area contributed by atoms with Gasteiger partial charge in [0.1, 0.15) is 0 Å². The number of fused-ring (bicyclic) bond motifs is 1. The Hall–Kier alpha value is -2.50. The summed E-state index contributed by atoms with van der Waals surface area (Å²) in [5.41, 5.74) is 0.239. The second kappa shape index (κ2) is 5.79. The summed E-state index contributed by atoms with van der Waals surface area (Å²) >= 11 is 0. The third-order valence-corrected chi connectivity index (χ3v) is 5.73. The normalized spacial score (nSPS) is 22.2. The number of imide groups is 2. The summed E-state index contributed by atoms with van der Waals surface area (Å²) in [4.78, 5) is 52.3. The minimum atomic E-state index is -0.530. The Bertz CT molecular complexity index is 744. The molecule has 4 rings (SSSR count). The first-order valence-corrected chi connectivity index (χ1v) is 8.83. The molecule has 1 saturated carbocycles. The van der Waals surface area contributed by atoms with Crippen LogP contribution in [0.2, 0.25) is 0 Å². The highest BCUT2D eigenvalue weighted by atomic mass is 16.2. The Morgan fingerprint density at radius 3 is 1.96 bits per heavy atom. The molecule has 0 N–H and O–H groups in total. The van der Waals surface area contributed by atoms with E-state index in [4.69, 9.17) is 0 Å². The first kappa shape index (κ1) is 16.0. The molecule has 0 unspecified atom stereocenters. The molecular weight excluding hydrogens is 320 g/mol. The number of hydrogen-bond acceptors (Lipinski definition) is 4. The molecular formula is C19H20N2O4. The van der Waals surface area contributed by atoms with Gasteiger partial charge in [0.2, 0.25) is 11.8 Å². The number of rotatable bonds is 3. The van der Waals surface area contributed by atoms with Gasteiger partial charge in [-0.05, 0) is 25.0 Å². The van der Waals surface area contributed by atoms with Gasteiger partial charge in [-0.15, -0.1) is 0 Å². The second-order valence-corrected chi connectivity index (χ2v) is 7.18. The predicted molar refractivity (Wildman–Crippen MR) is 88.7 cm³/mol. The molecule has 0 radical (unpaired) electrons. The van der Waals surface area contributed by atoms with E-state index in [1.807, 2.05) is 0 Å². The van der Waals surface area contributed by atoms with Crippen molar-refractivity contribution in [2.75, 3.05) is 13.1 Å². The molecule has 0 aromatic heterocycles. The van der Waals surface area contributed by atoms with Crippen molar-refractivity contribution in [2.24, 2.45) is 5.41 Å². The molecule has 6 heteroatoms. The highest BCUT2D eigenvalue weighted by Crippen LogP contribution is 2.45. The molecule has 0 atom stereocenters. The van der Waals surface area contributed by atoms with Crippen LogP contribution in [0.4, 0.5) is 0 Å². The van der Waals surface area contributed by atoms with Crippen molar-refractivity contribution in [3.8, 4) is 0 Å². The lowest BCUT2D eigenvalue weighted by Gasteiger charge is -2.30. The van der Waals surface area contributed by atoms with Crippen molar-refractivity contribution in [2.45, 2.75) is 38.5 Å². The fraction of sp³-hybridized carbons (Fsp3) is 0.474. The molecule has 2 aliphatic heterocycles. The van der Waals surface area contributed by atoms with Gasteiger partial charge in [0.15, 0.2) is 0 Å². The van der Waals surface area contributed by atoms with E-state index in [9.17, 15) is 19.2 Å². The maximum atomic E-state index is 12.8. The fourth-order valence-electron chi connectivity index (χ4n) is 4.35. The summed E-state index contributed by atoms with van der Waals surface area (Å²) in [7, 11) is 0. The summed E-state index contributed by atoms with van der Waals surface area (Å²) in [6.45, 7) is 0.144. The van der Waals surface area contributed by atoms with Gasteiger partial charge in [0, 0.05) is 19.5 Å². The molecule has 1 aliphatic carbocycles. The highest BCUT2D eigenvalue weighted by molar-refractivity contribution is 6.21. The third kappa shape index (κ3) is 2.39. The molecule has 6 nitrogen and oxygen atoms in total. The Morgan fingerprint density at radius 1 is 0.800 bits per heavy atom. The van der Waals surface area contributed by atoms with Gasteiger partial charge in [-0.25, -0.2) is 0 Å². The topological polar surface area (TPSA) is 74.8 Å². The molecule has 2 fully saturated rings. The Labute approximate surface area is 145 Å². The number of amides is 4. The molecule has 130 valence electrons. The standard InChI is InChI=1S/C19H20N2O4/c22-15-12-19(8-4-1-5-9-19)18(25)20(15)10-11-21-16(23)13-6-2-3-7-14(13)17(21)24/h2-3,6-7H,1,4-5,8-12H2. The quantitative estimate of drug-likeness (QED) is 0.789. The largest absolute Gasteiger partial charge is 0.280 e. The lowest BCUT2D eigenvalue weighted by molar-refractivity contribution is -0.142. The van der Waals surface area contributed by atoms with E-state index in [-0.39, 0.29) is 43.1 Å². The molecule has 0 bridgehead atoms. The minimum absolute atomic E-state index is 0.0555. The van der Waals surface area contributed by atoms with Gasteiger partial charge in [-0.3, -0.25) is 29.0 Å². The maximum absolute atomic E-state index is 12.8. The van der Waals surface area contributed by atoms with Gasteiger partial charge >= 0.3 is 0 Å². The lowest BCUT2D eigenvalue weighted by atomic mass is 9.73. The van der Waals surface area contributed by atoms with Crippen molar-refractivity contribution in [1.82, 2.24) is 9.80 Å². The molecule has 1 aromatic rings. The highest BCUT2D eigenvalue weighted by Gasteiger charge is 2.51. The number of carbonyl (C=O) groups excluding carboxylic acids is 4. The van der Waals surface area contributed by atoms with Gasteiger partial charge in [0.25, 0.3) is 11.8 Å². The summed E-state index contributed by atoms with van der Waals surface area (Å²) in [6.07, 6.45) is 4.87. The smallest absolute Gasteiger partial charge is 0.261 e. The Balaban J connectivity index is 1.47. The van der Waals surface area contributed by atoms with E-state index in [2.05, 4.69) is 0 Å². The van der Waals surface area contributed by atoms with Crippen molar-refractivity contribution >= 4 is 23.6 Å². The predicted octanol–water partition coefficient (Wildman–Crippen LogP) is 1.99. The van der Waals surface area contributed by atoms with Crippen LogP contribution in [-0.4, -0.2) is 46.5 Å². The van der Waals surface area contributed by atoms with Gasteiger partial charge in [-0.1, -0.05) is 31.4 Å². The zero-order valence-electron chi connectivity index (χ0n) is 14.0. The van der Waals surface area contributed by atoms with Crippen LogP contribution in [0.5, 0.6) is 0 Å². The maximum Gasteiger partial charge on any atom is 0.261 e. The third-order valence-electron chi connectivity index (χ3n) is 5.73. The molecule has 4 amide bonds. The average Bonchev–Trinajstić information content (AvgIpc) is 3.00. The monoisotopic (exact) mass is 340 g/mol. The molecule has 3 aliphatic rings. The lowest BCUT2D eigenvalue weighted by Crippen LogP contribution is -2.42. The van der Waals surface area contributed by atoms with Crippen LogP contribution in [0.3, 0.4) is 0 Å². The first-order valence-electron chi connectivity index (χ1n) is 8.83. The van der Waals surface area contributed by atoms with Crippen LogP contribution in [0.25, 0.3) is 0 Å². The van der Waals surface area contributed by atoms with Crippen molar-refractivity contribution < 1.29 is 19.2 Å². The van der Waals surface area contributed by atoms with Crippen molar-refractivity contribution in [3.05, 3.63) is 35.4 Å². The summed E-state index contributed by atoms with van der Waals surface area (Å²) in [5.74, 6) is -1.00. The van der Waals surface area contributed by atoms with Crippen LogP contribution in [0.15, 0.2) is 24.3 Å². The minimum Gasteiger partial charge on any atom is -0.280 e. The second-order valence-electron chi connectivity index (χ2n) is 7.18. The van der Waals surface area contributed by atoms with Gasteiger partial charge in [-0.2, -0.15) is 0 Å². The van der Waals surface area contributed by atoms with E-state index in [0.29, 0.717) is 11.1 Å². The van der Waals surface area contributed by atoms with Crippen molar-refractivity contribution in [3.63, 3.8) is 0 Å². The van der Waals surface area contributed by atoms with E-state index in [1.54, 1.807) is 24.3 Å². The summed E-state index contributed by atoms with van der Waals surface area (Å²) < 4.78 is 0. The molecule has 25 heavy (non-hydrogen) atoms. The van der Waals surface area contributed by atoms with Crippen molar-refractivity contribution in [1.29, 1.82) is 0 Å². The van der Waals surface area contributed by atoms with Gasteiger partial charge in [0.05, 0.1) is 16.5 Å². The van der Waals surface area contributed by atoms with Crippen LogP contribution < -0.4 is 0 Å². The van der Waals surface area contributed by atoms with E-state index >= 15 is 0 Å². The fourth-order valence-corrected chi connectivity index (χ4v) is 4.35. The van der Waals surface area contributed by atoms with Crippen LogP contribution in [0.1, 0.15) is 59.2 Å². The number of likely N-dealkylation sites (tertiary alicyclic amines) is 1. The SMILES string of the molecule is O=C1CC2(CCCCC2)C(=O)N1CCN1C(=O)c2ccccc2C1=O. The summed E-state index contributed by atoms with van der Waals surface area (Å²) in [5, 5.41) is 0. The average molecular weight is 340 g/mol. The molecule has 1 aromatic carbocycles. The molecule has 2 heterocycles. The van der Waals surface area contributed by atoms with Crippen LogP contribution >= 0.6 is 0 Å². The van der Waals surface area contributed by atoms with E-state index < -0.39 is 5.41 Å². The van der Waals surface area contributed by atoms with Crippen LogP contribution in [0, 0.1) is 5.41 Å². The molecule has 1 saturated heterocycles. The Morgan fingerprint density at radius 2 is 1.36 bits per heavy atom. The summed E-state index contributed by atoms with van der Waals surface area (Å²) in [6, 6.07) is 6.68. The zero-order valence-corrected chi connectivity index (χ0v) is 14.0. The van der Waals surface area contributed by atoms with E-state index in [1.165, 1.54) is 4.90 Å². The van der Waals surface area contributed by atoms with Crippen LogP contribution in [-0.2, 0) is 9.59 Å². The van der Waals surface area contributed by atoms with Gasteiger partial charge < -0.3 is 0 Å². The number of benzene rings is 1.